The zero-order valence-electron chi connectivity index (χ0n) is 15.9. The predicted molar refractivity (Wildman–Crippen MR) is 99.7 cm³/mol. The number of carbonyl (C=O) groups excluding carboxylic acids is 2. The van der Waals surface area contributed by atoms with Crippen molar-refractivity contribution < 1.29 is 18.8 Å². The largest absolute Gasteiger partial charge is 0.483 e. The number of likely N-dealkylation sites (tertiary alicyclic amines) is 1. The molecule has 1 saturated heterocycles. The summed E-state index contributed by atoms with van der Waals surface area (Å²) in [6, 6.07) is 7.48. The Balaban J connectivity index is 1.44. The standard InChI is InChI=1S/C20H25N3O4/c1-13-5-4-6-18(15(13)3)26-12-19(24)21-16-7-9-23(10-8-16)20(25)17-11-14(2)27-22-17/h4-6,11,16H,7-10,12H2,1-3H3,(H,21,24). The third kappa shape index (κ3) is 4.67. The van der Waals surface area contributed by atoms with Crippen LogP contribution in [0.15, 0.2) is 28.8 Å². The Morgan fingerprint density at radius 2 is 2.00 bits per heavy atom. The van der Waals surface area contributed by atoms with Gasteiger partial charge in [-0.2, -0.15) is 0 Å². The van der Waals surface area contributed by atoms with Gasteiger partial charge in [0, 0.05) is 25.2 Å². The fourth-order valence-electron chi connectivity index (χ4n) is 3.15. The van der Waals surface area contributed by atoms with Crippen molar-refractivity contribution in [3.8, 4) is 5.75 Å². The molecular weight excluding hydrogens is 346 g/mol. The lowest BCUT2D eigenvalue weighted by molar-refractivity contribution is -0.124. The van der Waals surface area contributed by atoms with Gasteiger partial charge in [0.25, 0.3) is 11.8 Å². The lowest BCUT2D eigenvalue weighted by Gasteiger charge is -2.31. The van der Waals surface area contributed by atoms with Crippen molar-refractivity contribution in [1.82, 2.24) is 15.4 Å². The third-order valence-electron chi connectivity index (χ3n) is 4.91. The van der Waals surface area contributed by atoms with Gasteiger partial charge in [-0.1, -0.05) is 17.3 Å². The minimum Gasteiger partial charge on any atom is -0.483 e. The van der Waals surface area contributed by atoms with E-state index < -0.39 is 0 Å². The van der Waals surface area contributed by atoms with E-state index in [0.29, 0.717) is 37.4 Å². The van der Waals surface area contributed by atoms with E-state index in [-0.39, 0.29) is 24.5 Å². The first-order valence-corrected chi connectivity index (χ1v) is 9.15. The summed E-state index contributed by atoms with van der Waals surface area (Å²) in [6.45, 7) is 6.89. The summed E-state index contributed by atoms with van der Waals surface area (Å²) in [5.41, 5.74) is 2.50. The lowest BCUT2D eigenvalue weighted by Crippen LogP contribution is -2.47. The van der Waals surface area contributed by atoms with Crippen LogP contribution in [0.3, 0.4) is 0 Å². The molecule has 0 saturated carbocycles. The summed E-state index contributed by atoms with van der Waals surface area (Å²) in [4.78, 5) is 26.3. The van der Waals surface area contributed by atoms with Gasteiger partial charge < -0.3 is 19.5 Å². The molecule has 7 heteroatoms. The molecule has 0 atom stereocenters. The van der Waals surface area contributed by atoms with Gasteiger partial charge in [0.2, 0.25) is 0 Å². The highest BCUT2D eigenvalue weighted by Gasteiger charge is 2.26. The first-order chi connectivity index (χ1) is 12.9. The van der Waals surface area contributed by atoms with Gasteiger partial charge in [-0.25, -0.2) is 0 Å². The maximum absolute atomic E-state index is 12.4. The van der Waals surface area contributed by atoms with Crippen molar-refractivity contribution in [1.29, 1.82) is 0 Å². The lowest BCUT2D eigenvalue weighted by atomic mass is 10.0. The molecule has 2 amide bonds. The molecule has 1 aromatic heterocycles. The van der Waals surface area contributed by atoms with Gasteiger partial charge in [-0.3, -0.25) is 9.59 Å². The molecule has 1 aliphatic rings. The van der Waals surface area contributed by atoms with E-state index in [4.69, 9.17) is 9.26 Å². The highest BCUT2D eigenvalue weighted by atomic mass is 16.5. The summed E-state index contributed by atoms with van der Waals surface area (Å²) in [7, 11) is 0. The molecule has 2 aromatic rings. The zero-order chi connectivity index (χ0) is 19.4. The highest BCUT2D eigenvalue weighted by Crippen LogP contribution is 2.20. The number of hydrogen-bond donors (Lipinski definition) is 1. The Morgan fingerprint density at radius 3 is 2.67 bits per heavy atom. The van der Waals surface area contributed by atoms with Crippen molar-refractivity contribution in [3.63, 3.8) is 0 Å². The SMILES string of the molecule is Cc1cc(C(=O)N2CCC(NC(=O)COc3cccc(C)c3C)CC2)no1. The normalized spacial score (nSPS) is 14.9. The smallest absolute Gasteiger partial charge is 0.276 e. The number of ether oxygens (including phenoxy) is 1. The number of carbonyl (C=O) groups is 2. The molecule has 0 spiro atoms. The second kappa shape index (κ2) is 8.24. The Bertz CT molecular complexity index is 822. The molecule has 7 nitrogen and oxygen atoms in total. The van der Waals surface area contributed by atoms with E-state index in [1.807, 2.05) is 32.0 Å². The number of amides is 2. The highest BCUT2D eigenvalue weighted by molar-refractivity contribution is 5.92. The number of nitrogens with zero attached hydrogens (tertiary/aromatic N) is 2. The second-order valence-corrected chi connectivity index (χ2v) is 6.94. The molecule has 1 fully saturated rings. The van der Waals surface area contributed by atoms with Gasteiger partial charge >= 0.3 is 0 Å². The molecule has 0 unspecified atom stereocenters. The Hall–Kier alpha value is -2.83. The average molecular weight is 371 g/mol. The molecule has 27 heavy (non-hydrogen) atoms. The number of benzene rings is 1. The van der Waals surface area contributed by atoms with Gasteiger partial charge in [-0.15, -0.1) is 0 Å². The van der Waals surface area contributed by atoms with Crippen LogP contribution in [-0.4, -0.2) is 47.6 Å². The molecule has 1 N–H and O–H groups in total. The molecule has 1 aliphatic heterocycles. The van der Waals surface area contributed by atoms with Gasteiger partial charge in [0.05, 0.1) is 0 Å². The van der Waals surface area contributed by atoms with Gasteiger partial charge in [0.15, 0.2) is 12.3 Å². The number of nitrogens with one attached hydrogen (secondary N) is 1. The average Bonchev–Trinajstić information content (AvgIpc) is 3.09. The number of rotatable bonds is 5. The molecular formula is C20H25N3O4. The van der Waals surface area contributed by atoms with E-state index in [2.05, 4.69) is 10.5 Å². The second-order valence-electron chi connectivity index (χ2n) is 6.94. The van der Waals surface area contributed by atoms with E-state index in [1.54, 1.807) is 17.9 Å². The zero-order valence-corrected chi connectivity index (χ0v) is 15.9. The summed E-state index contributed by atoms with van der Waals surface area (Å²) >= 11 is 0. The van der Waals surface area contributed by atoms with Crippen molar-refractivity contribution in [2.45, 2.75) is 39.7 Å². The van der Waals surface area contributed by atoms with E-state index in [1.165, 1.54) is 0 Å². The number of aryl methyl sites for hydroxylation is 2. The van der Waals surface area contributed by atoms with E-state index in [9.17, 15) is 9.59 Å². The van der Waals surface area contributed by atoms with Crippen LogP contribution >= 0.6 is 0 Å². The molecule has 144 valence electrons. The molecule has 3 rings (SSSR count). The Kier molecular flexibility index (Phi) is 5.78. The van der Waals surface area contributed by atoms with E-state index in [0.717, 1.165) is 16.9 Å². The fourth-order valence-corrected chi connectivity index (χ4v) is 3.15. The van der Waals surface area contributed by atoms with Crippen LogP contribution in [0.5, 0.6) is 5.75 Å². The number of hydrogen-bond acceptors (Lipinski definition) is 5. The Morgan fingerprint density at radius 1 is 1.26 bits per heavy atom. The minimum atomic E-state index is -0.146. The predicted octanol–water partition coefficient (Wildman–Crippen LogP) is 2.40. The maximum Gasteiger partial charge on any atom is 0.276 e. The maximum atomic E-state index is 12.4. The van der Waals surface area contributed by atoms with Crippen molar-refractivity contribution in [2.75, 3.05) is 19.7 Å². The Labute approximate surface area is 158 Å². The summed E-state index contributed by atoms with van der Waals surface area (Å²) in [5.74, 6) is 1.07. The molecule has 0 bridgehead atoms. The molecule has 0 radical (unpaired) electrons. The van der Waals surface area contributed by atoms with Crippen molar-refractivity contribution in [3.05, 3.63) is 46.8 Å². The first kappa shape index (κ1) is 18.9. The van der Waals surface area contributed by atoms with Crippen molar-refractivity contribution in [2.24, 2.45) is 0 Å². The number of aromatic nitrogens is 1. The van der Waals surface area contributed by atoms with Crippen LogP contribution in [0, 0.1) is 20.8 Å². The number of piperidine rings is 1. The van der Waals surface area contributed by atoms with Crippen molar-refractivity contribution >= 4 is 11.8 Å². The topological polar surface area (TPSA) is 84.7 Å². The van der Waals surface area contributed by atoms with Crippen LogP contribution in [0.4, 0.5) is 0 Å². The van der Waals surface area contributed by atoms with Gasteiger partial charge in [-0.05, 0) is 50.8 Å². The first-order valence-electron chi connectivity index (χ1n) is 9.15. The monoisotopic (exact) mass is 371 g/mol. The minimum absolute atomic E-state index is 0.0122. The van der Waals surface area contributed by atoms with Crippen LogP contribution < -0.4 is 10.1 Å². The molecule has 2 heterocycles. The third-order valence-corrected chi connectivity index (χ3v) is 4.91. The van der Waals surface area contributed by atoms with E-state index >= 15 is 0 Å². The summed E-state index contributed by atoms with van der Waals surface area (Å²) in [5, 5.41) is 6.76. The molecule has 1 aromatic carbocycles. The van der Waals surface area contributed by atoms with Crippen LogP contribution in [0.1, 0.15) is 40.2 Å². The van der Waals surface area contributed by atoms with Crippen LogP contribution in [-0.2, 0) is 4.79 Å². The fraction of sp³-hybridized carbons (Fsp3) is 0.450. The van der Waals surface area contributed by atoms with Crippen LogP contribution in [0.25, 0.3) is 0 Å². The van der Waals surface area contributed by atoms with Crippen LogP contribution in [0.2, 0.25) is 0 Å². The molecule has 0 aliphatic carbocycles. The summed E-state index contributed by atoms with van der Waals surface area (Å²) in [6.07, 6.45) is 1.41. The quantitative estimate of drug-likeness (QED) is 0.872. The summed E-state index contributed by atoms with van der Waals surface area (Å²) < 4.78 is 10.6. The van der Waals surface area contributed by atoms with Gasteiger partial charge in [0.1, 0.15) is 11.5 Å².